The van der Waals surface area contributed by atoms with Crippen molar-refractivity contribution in [3.63, 3.8) is 0 Å². The molecule has 2 aliphatic heterocycles. The van der Waals surface area contributed by atoms with E-state index in [4.69, 9.17) is 4.74 Å². The van der Waals surface area contributed by atoms with E-state index in [1.807, 2.05) is 17.0 Å². The van der Waals surface area contributed by atoms with Crippen LogP contribution in [0.25, 0.3) is 0 Å². The minimum atomic E-state index is -0.322. The van der Waals surface area contributed by atoms with Crippen LogP contribution < -0.4 is 10.1 Å². The van der Waals surface area contributed by atoms with Crippen molar-refractivity contribution in [2.24, 2.45) is 0 Å². The Hall–Kier alpha value is -2.04. The Morgan fingerprint density at radius 3 is 2.65 bits per heavy atom. The zero-order valence-corrected chi connectivity index (χ0v) is 13.6. The molecule has 0 saturated carbocycles. The number of hydrogen-bond acceptors (Lipinski definition) is 3. The lowest BCUT2D eigenvalue weighted by Gasteiger charge is -2.27. The third-order valence-electron chi connectivity index (χ3n) is 4.86. The van der Waals surface area contributed by atoms with Gasteiger partial charge in [0.1, 0.15) is 11.8 Å². The lowest BCUT2D eigenvalue weighted by molar-refractivity contribution is -0.134. The first kappa shape index (κ1) is 15.8. The smallest absolute Gasteiger partial charge is 0.245 e. The molecule has 5 heteroatoms. The number of ether oxygens (including phenoxy) is 1. The lowest BCUT2D eigenvalue weighted by Crippen LogP contribution is -2.45. The highest BCUT2D eigenvalue weighted by atomic mass is 16.5. The second-order valence-corrected chi connectivity index (χ2v) is 6.41. The van der Waals surface area contributed by atoms with Crippen molar-refractivity contribution in [1.82, 2.24) is 10.2 Å². The molecular formula is C18H24N2O3. The van der Waals surface area contributed by atoms with Crippen LogP contribution in [-0.2, 0) is 9.59 Å². The van der Waals surface area contributed by atoms with Gasteiger partial charge in [-0.3, -0.25) is 9.59 Å². The lowest BCUT2D eigenvalue weighted by atomic mass is 9.94. The van der Waals surface area contributed by atoms with Crippen LogP contribution in [0.1, 0.15) is 43.6 Å². The molecule has 23 heavy (non-hydrogen) atoms. The van der Waals surface area contributed by atoms with Crippen LogP contribution in [0.15, 0.2) is 24.3 Å². The summed E-state index contributed by atoms with van der Waals surface area (Å²) in [6.07, 6.45) is 4.33. The highest BCUT2D eigenvalue weighted by Crippen LogP contribution is 2.28. The Morgan fingerprint density at radius 1 is 1.22 bits per heavy atom. The second-order valence-electron chi connectivity index (χ2n) is 6.41. The molecule has 0 aliphatic carbocycles. The van der Waals surface area contributed by atoms with Gasteiger partial charge < -0.3 is 15.0 Å². The molecule has 2 heterocycles. The van der Waals surface area contributed by atoms with Crippen molar-refractivity contribution >= 4 is 11.8 Å². The summed E-state index contributed by atoms with van der Waals surface area (Å²) in [7, 11) is 1.66. The van der Waals surface area contributed by atoms with Gasteiger partial charge in [-0.05, 0) is 37.0 Å². The molecule has 0 aromatic heterocycles. The van der Waals surface area contributed by atoms with E-state index in [9.17, 15) is 9.59 Å². The molecule has 2 saturated heterocycles. The standard InChI is InChI=1S/C18H24N2O3/c1-23-15-7-5-13(6-8-15)14-4-2-3-11-20(12-14)18(22)16-9-10-17(21)19-16/h5-8,14,16H,2-4,9-12H2,1H3,(H,19,21). The monoisotopic (exact) mass is 316 g/mol. The first-order valence-corrected chi connectivity index (χ1v) is 8.39. The quantitative estimate of drug-likeness (QED) is 0.929. The van der Waals surface area contributed by atoms with Gasteiger partial charge >= 0.3 is 0 Å². The molecule has 124 valence electrons. The molecular weight excluding hydrogens is 292 g/mol. The molecule has 2 atom stereocenters. The predicted molar refractivity (Wildman–Crippen MR) is 87.3 cm³/mol. The minimum absolute atomic E-state index is 0.00937. The van der Waals surface area contributed by atoms with Gasteiger partial charge in [0.05, 0.1) is 7.11 Å². The zero-order valence-electron chi connectivity index (χ0n) is 13.6. The van der Waals surface area contributed by atoms with Gasteiger partial charge in [-0.1, -0.05) is 18.6 Å². The molecule has 1 aromatic carbocycles. The van der Waals surface area contributed by atoms with Crippen LogP contribution in [0.2, 0.25) is 0 Å². The fourth-order valence-electron chi connectivity index (χ4n) is 3.51. The summed E-state index contributed by atoms with van der Waals surface area (Å²) < 4.78 is 5.21. The fourth-order valence-corrected chi connectivity index (χ4v) is 3.51. The molecule has 2 fully saturated rings. The van der Waals surface area contributed by atoms with Gasteiger partial charge in [-0.15, -0.1) is 0 Å². The summed E-state index contributed by atoms with van der Waals surface area (Å²) in [4.78, 5) is 26.0. The third-order valence-corrected chi connectivity index (χ3v) is 4.86. The number of methoxy groups -OCH3 is 1. The highest BCUT2D eigenvalue weighted by molar-refractivity contribution is 5.90. The van der Waals surface area contributed by atoms with E-state index >= 15 is 0 Å². The number of nitrogens with zero attached hydrogens (tertiary/aromatic N) is 1. The maximum Gasteiger partial charge on any atom is 0.245 e. The Labute approximate surface area is 137 Å². The number of amides is 2. The summed E-state index contributed by atoms with van der Waals surface area (Å²) in [5.74, 6) is 1.27. The number of hydrogen-bond donors (Lipinski definition) is 1. The molecule has 0 radical (unpaired) electrons. The van der Waals surface area contributed by atoms with Crippen LogP contribution in [0.5, 0.6) is 5.75 Å². The molecule has 2 amide bonds. The van der Waals surface area contributed by atoms with Crippen LogP contribution >= 0.6 is 0 Å². The second kappa shape index (κ2) is 7.02. The van der Waals surface area contributed by atoms with E-state index in [2.05, 4.69) is 17.4 Å². The Morgan fingerprint density at radius 2 is 2.00 bits per heavy atom. The molecule has 1 aromatic rings. The van der Waals surface area contributed by atoms with Crippen molar-refractivity contribution in [2.45, 2.75) is 44.1 Å². The Balaban J connectivity index is 1.70. The van der Waals surface area contributed by atoms with Gasteiger partial charge in [0.25, 0.3) is 0 Å². The SMILES string of the molecule is COc1ccc(C2CCCCN(C(=O)C3CCC(=O)N3)C2)cc1. The number of nitrogens with one attached hydrogen (secondary N) is 1. The van der Waals surface area contributed by atoms with E-state index in [0.29, 0.717) is 18.8 Å². The number of likely N-dealkylation sites (tertiary alicyclic amines) is 1. The molecule has 2 unspecified atom stereocenters. The third kappa shape index (κ3) is 3.66. The van der Waals surface area contributed by atoms with Crippen LogP contribution in [-0.4, -0.2) is 43.0 Å². The van der Waals surface area contributed by atoms with Crippen molar-refractivity contribution < 1.29 is 14.3 Å². The molecule has 5 nitrogen and oxygen atoms in total. The molecule has 2 aliphatic rings. The van der Waals surface area contributed by atoms with Gasteiger partial charge in [0.15, 0.2) is 0 Å². The average Bonchev–Trinajstić information content (AvgIpc) is 2.87. The van der Waals surface area contributed by atoms with E-state index in [0.717, 1.165) is 38.1 Å². The molecule has 3 rings (SSSR count). The molecule has 1 N–H and O–H groups in total. The molecule has 0 bridgehead atoms. The summed E-state index contributed by atoms with van der Waals surface area (Å²) in [6, 6.07) is 7.81. The van der Waals surface area contributed by atoms with E-state index < -0.39 is 0 Å². The summed E-state index contributed by atoms with van der Waals surface area (Å²) in [5, 5.41) is 2.79. The summed E-state index contributed by atoms with van der Waals surface area (Å²) in [5.41, 5.74) is 1.25. The maximum atomic E-state index is 12.7. The van der Waals surface area contributed by atoms with Crippen molar-refractivity contribution in [2.75, 3.05) is 20.2 Å². The Kier molecular flexibility index (Phi) is 4.84. The van der Waals surface area contributed by atoms with Crippen molar-refractivity contribution in [3.8, 4) is 5.75 Å². The van der Waals surface area contributed by atoms with Gasteiger partial charge in [0.2, 0.25) is 11.8 Å². The number of carbonyl (C=O) groups excluding carboxylic acids is 2. The van der Waals surface area contributed by atoms with Crippen molar-refractivity contribution in [3.05, 3.63) is 29.8 Å². The summed E-state index contributed by atoms with van der Waals surface area (Å²) in [6.45, 7) is 1.52. The van der Waals surface area contributed by atoms with Crippen LogP contribution in [0.4, 0.5) is 0 Å². The Bertz CT molecular complexity index is 570. The zero-order chi connectivity index (χ0) is 16.2. The number of benzene rings is 1. The topological polar surface area (TPSA) is 58.6 Å². The van der Waals surface area contributed by atoms with E-state index in [1.54, 1.807) is 7.11 Å². The van der Waals surface area contributed by atoms with Crippen LogP contribution in [0, 0.1) is 0 Å². The number of rotatable bonds is 3. The average molecular weight is 316 g/mol. The predicted octanol–water partition coefficient (Wildman–Crippen LogP) is 2.07. The first-order valence-electron chi connectivity index (χ1n) is 8.39. The molecule has 0 spiro atoms. The maximum absolute atomic E-state index is 12.7. The van der Waals surface area contributed by atoms with Gasteiger partial charge in [-0.2, -0.15) is 0 Å². The number of carbonyl (C=O) groups is 2. The van der Waals surface area contributed by atoms with Crippen molar-refractivity contribution in [1.29, 1.82) is 0 Å². The highest BCUT2D eigenvalue weighted by Gasteiger charge is 2.32. The summed E-state index contributed by atoms with van der Waals surface area (Å²) >= 11 is 0. The fraction of sp³-hybridized carbons (Fsp3) is 0.556. The normalized spacial score (nSPS) is 24.9. The van der Waals surface area contributed by atoms with Gasteiger partial charge in [0, 0.05) is 25.4 Å². The van der Waals surface area contributed by atoms with Gasteiger partial charge in [-0.25, -0.2) is 0 Å². The first-order chi connectivity index (χ1) is 11.2. The van der Waals surface area contributed by atoms with E-state index in [-0.39, 0.29) is 17.9 Å². The largest absolute Gasteiger partial charge is 0.497 e. The van der Waals surface area contributed by atoms with E-state index in [1.165, 1.54) is 5.56 Å². The van der Waals surface area contributed by atoms with Crippen LogP contribution in [0.3, 0.4) is 0 Å². The minimum Gasteiger partial charge on any atom is -0.497 e.